The van der Waals surface area contributed by atoms with E-state index in [1.54, 1.807) is 14.2 Å². The largest absolute Gasteiger partial charge is 0.497 e. The molecule has 1 saturated heterocycles. The summed E-state index contributed by atoms with van der Waals surface area (Å²) in [5.41, 5.74) is 2.31. The van der Waals surface area contributed by atoms with Gasteiger partial charge in [-0.2, -0.15) is 0 Å². The van der Waals surface area contributed by atoms with E-state index in [9.17, 15) is 4.79 Å². The van der Waals surface area contributed by atoms with Crippen LogP contribution in [0, 0.1) is 5.92 Å². The highest BCUT2D eigenvalue weighted by Gasteiger charge is 2.29. The minimum Gasteiger partial charge on any atom is -0.497 e. The molecule has 0 bridgehead atoms. The van der Waals surface area contributed by atoms with Gasteiger partial charge in [0.1, 0.15) is 17.2 Å². The number of carbonyl (C=O) groups excluding carboxylic acids is 1. The number of carbonyl (C=O) groups is 1. The van der Waals surface area contributed by atoms with Crippen molar-refractivity contribution >= 4 is 28.4 Å². The van der Waals surface area contributed by atoms with Crippen LogP contribution in [-0.2, 0) is 4.79 Å². The van der Waals surface area contributed by atoms with E-state index in [1.807, 2.05) is 72.8 Å². The summed E-state index contributed by atoms with van der Waals surface area (Å²) in [5, 5.41) is 3.04. The van der Waals surface area contributed by atoms with E-state index in [-0.39, 0.29) is 11.8 Å². The number of aromatic nitrogens is 2. The molecule has 36 heavy (non-hydrogen) atoms. The van der Waals surface area contributed by atoms with Crippen molar-refractivity contribution in [3.8, 4) is 23.1 Å². The maximum absolute atomic E-state index is 13.1. The minimum atomic E-state index is -0.174. The zero-order chi connectivity index (χ0) is 24.9. The Morgan fingerprint density at radius 1 is 0.861 bits per heavy atom. The Balaban J connectivity index is 1.23. The summed E-state index contributed by atoms with van der Waals surface area (Å²) in [5.74, 6) is 3.12. The Labute approximate surface area is 209 Å². The Morgan fingerprint density at radius 2 is 1.50 bits per heavy atom. The molecular formula is C28H28N4O4. The van der Waals surface area contributed by atoms with Gasteiger partial charge in [-0.3, -0.25) is 4.79 Å². The fourth-order valence-electron chi connectivity index (χ4n) is 4.33. The number of fused-ring (bicyclic) bond motifs is 1. The van der Waals surface area contributed by atoms with Crippen LogP contribution in [0.2, 0.25) is 0 Å². The van der Waals surface area contributed by atoms with Gasteiger partial charge >= 0.3 is 0 Å². The van der Waals surface area contributed by atoms with Crippen molar-refractivity contribution in [3.63, 3.8) is 0 Å². The number of rotatable bonds is 7. The maximum atomic E-state index is 13.1. The number of piperidine rings is 1. The zero-order valence-corrected chi connectivity index (χ0v) is 20.3. The van der Waals surface area contributed by atoms with E-state index in [0.29, 0.717) is 29.7 Å². The quantitative estimate of drug-likeness (QED) is 0.381. The van der Waals surface area contributed by atoms with Crippen LogP contribution in [0.15, 0.2) is 72.8 Å². The molecule has 8 nitrogen and oxygen atoms in total. The van der Waals surface area contributed by atoms with Crippen molar-refractivity contribution in [2.75, 3.05) is 37.5 Å². The monoisotopic (exact) mass is 484 g/mol. The van der Waals surface area contributed by atoms with Gasteiger partial charge in [0.15, 0.2) is 5.82 Å². The first-order chi connectivity index (χ1) is 17.6. The maximum Gasteiger partial charge on any atom is 0.257 e. The number of nitrogens with zero attached hydrogens (tertiary/aromatic N) is 3. The molecule has 1 aliphatic heterocycles. The highest BCUT2D eigenvalue weighted by Crippen LogP contribution is 2.31. The third-order valence-corrected chi connectivity index (χ3v) is 6.22. The molecule has 2 heterocycles. The summed E-state index contributed by atoms with van der Waals surface area (Å²) in [6, 6.07) is 22.4. The molecule has 0 saturated carbocycles. The van der Waals surface area contributed by atoms with Gasteiger partial charge in [0.2, 0.25) is 5.91 Å². The lowest BCUT2D eigenvalue weighted by Gasteiger charge is -2.33. The molecule has 4 aromatic rings. The fourth-order valence-corrected chi connectivity index (χ4v) is 4.33. The second-order valence-corrected chi connectivity index (χ2v) is 8.62. The topological polar surface area (TPSA) is 85.8 Å². The first-order valence-corrected chi connectivity index (χ1v) is 11.9. The summed E-state index contributed by atoms with van der Waals surface area (Å²) in [6.45, 7) is 1.35. The second-order valence-electron chi connectivity index (χ2n) is 8.62. The van der Waals surface area contributed by atoms with Gasteiger partial charge < -0.3 is 24.4 Å². The van der Waals surface area contributed by atoms with Crippen molar-refractivity contribution < 1.29 is 19.0 Å². The van der Waals surface area contributed by atoms with E-state index < -0.39 is 0 Å². The molecule has 0 spiro atoms. The Bertz CT molecular complexity index is 1340. The molecule has 184 valence electrons. The van der Waals surface area contributed by atoms with Crippen molar-refractivity contribution in [2.45, 2.75) is 12.8 Å². The second kappa shape index (κ2) is 10.5. The highest BCUT2D eigenvalue weighted by molar-refractivity contribution is 5.93. The molecular weight excluding hydrogens is 456 g/mol. The van der Waals surface area contributed by atoms with Crippen LogP contribution in [-0.4, -0.2) is 43.2 Å². The summed E-state index contributed by atoms with van der Waals surface area (Å²) >= 11 is 0. The van der Waals surface area contributed by atoms with Gasteiger partial charge in [-0.25, -0.2) is 9.97 Å². The van der Waals surface area contributed by atoms with Crippen LogP contribution in [0.25, 0.3) is 11.0 Å². The SMILES string of the molecule is COc1ccc(Oc2ccc(NC(=O)C3CCCN(c4nc5ccccc5nc4OC)C3)cc2)cc1. The number of para-hydroxylation sites is 2. The lowest BCUT2D eigenvalue weighted by Crippen LogP contribution is -2.41. The minimum absolute atomic E-state index is 0.0174. The van der Waals surface area contributed by atoms with Gasteiger partial charge in [0.05, 0.1) is 31.2 Å². The molecule has 1 fully saturated rings. The van der Waals surface area contributed by atoms with Crippen LogP contribution in [0.3, 0.4) is 0 Å². The first-order valence-electron chi connectivity index (χ1n) is 11.9. The van der Waals surface area contributed by atoms with Gasteiger partial charge in [-0.05, 0) is 73.5 Å². The van der Waals surface area contributed by atoms with Crippen LogP contribution in [0.5, 0.6) is 23.1 Å². The number of nitrogens with one attached hydrogen (secondary N) is 1. The fraction of sp³-hybridized carbons (Fsp3) is 0.250. The average Bonchev–Trinajstić information content (AvgIpc) is 2.93. The summed E-state index contributed by atoms with van der Waals surface area (Å²) in [7, 11) is 3.22. The number of ether oxygens (including phenoxy) is 3. The molecule has 0 radical (unpaired) electrons. The third-order valence-electron chi connectivity index (χ3n) is 6.22. The molecule has 1 atom stereocenters. The molecule has 8 heteroatoms. The van der Waals surface area contributed by atoms with Gasteiger partial charge in [0, 0.05) is 18.8 Å². The lowest BCUT2D eigenvalue weighted by atomic mass is 9.97. The predicted molar refractivity (Wildman–Crippen MR) is 139 cm³/mol. The Hall–Kier alpha value is -4.33. The molecule has 1 N–H and O–H groups in total. The summed E-state index contributed by atoms with van der Waals surface area (Å²) < 4.78 is 16.6. The normalized spacial score (nSPS) is 15.4. The Morgan fingerprint density at radius 3 is 2.17 bits per heavy atom. The Kier molecular flexibility index (Phi) is 6.84. The van der Waals surface area contributed by atoms with Crippen LogP contribution in [0.1, 0.15) is 12.8 Å². The van der Waals surface area contributed by atoms with Gasteiger partial charge in [-0.15, -0.1) is 0 Å². The van der Waals surface area contributed by atoms with Gasteiger partial charge in [-0.1, -0.05) is 12.1 Å². The van der Waals surface area contributed by atoms with Crippen LogP contribution >= 0.6 is 0 Å². The molecule has 5 rings (SSSR count). The number of amides is 1. The molecule has 1 amide bonds. The standard InChI is InChI=1S/C28H28N4O4/c1-34-21-13-15-23(16-14-21)36-22-11-9-20(10-12-22)29-27(33)19-6-5-17-32(18-19)26-28(35-2)31-25-8-4-3-7-24(25)30-26/h3-4,7-16,19H,5-6,17-18H2,1-2H3,(H,29,33). The zero-order valence-electron chi connectivity index (χ0n) is 20.3. The number of hydrogen-bond donors (Lipinski definition) is 1. The smallest absolute Gasteiger partial charge is 0.257 e. The lowest BCUT2D eigenvalue weighted by molar-refractivity contribution is -0.120. The molecule has 3 aromatic carbocycles. The van der Waals surface area contributed by atoms with E-state index in [4.69, 9.17) is 19.2 Å². The van der Waals surface area contributed by atoms with Crippen molar-refractivity contribution in [1.29, 1.82) is 0 Å². The number of anilines is 2. The number of benzene rings is 3. The molecule has 1 aromatic heterocycles. The number of methoxy groups -OCH3 is 2. The van der Waals surface area contributed by atoms with E-state index in [1.165, 1.54) is 0 Å². The van der Waals surface area contributed by atoms with E-state index >= 15 is 0 Å². The van der Waals surface area contributed by atoms with E-state index in [0.717, 1.165) is 41.9 Å². The summed E-state index contributed by atoms with van der Waals surface area (Å²) in [4.78, 5) is 24.6. The highest BCUT2D eigenvalue weighted by atomic mass is 16.5. The first kappa shape index (κ1) is 23.4. The predicted octanol–water partition coefficient (Wildman–Crippen LogP) is 5.29. The van der Waals surface area contributed by atoms with Gasteiger partial charge in [0.25, 0.3) is 5.88 Å². The van der Waals surface area contributed by atoms with Crippen LogP contribution < -0.4 is 24.4 Å². The molecule has 1 aliphatic rings. The molecule has 0 aliphatic carbocycles. The number of hydrogen-bond acceptors (Lipinski definition) is 7. The molecule has 1 unspecified atom stereocenters. The van der Waals surface area contributed by atoms with Crippen LogP contribution in [0.4, 0.5) is 11.5 Å². The van der Waals surface area contributed by atoms with Crippen molar-refractivity contribution in [2.24, 2.45) is 5.92 Å². The summed E-state index contributed by atoms with van der Waals surface area (Å²) in [6.07, 6.45) is 1.69. The third kappa shape index (κ3) is 5.17. The van der Waals surface area contributed by atoms with Crippen molar-refractivity contribution in [1.82, 2.24) is 9.97 Å². The van der Waals surface area contributed by atoms with E-state index in [2.05, 4.69) is 15.2 Å². The average molecular weight is 485 g/mol. The van der Waals surface area contributed by atoms with Crippen molar-refractivity contribution in [3.05, 3.63) is 72.8 Å².